The normalized spacial score (nSPS) is 17.3. The van der Waals surface area contributed by atoms with Crippen LogP contribution in [0.5, 0.6) is 0 Å². The lowest BCUT2D eigenvalue weighted by molar-refractivity contribution is -0.123. The number of amides is 4. The Kier molecular flexibility index (Phi) is 28.8. The minimum atomic E-state index is -0.461. The van der Waals surface area contributed by atoms with Crippen LogP contribution in [0.4, 0.5) is 26.7 Å². The number of para-hydroxylation sites is 3. The number of piperidine rings is 3. The van der Waals surface area contributed by atoms with Crippen LogP contribution in [-0.4, -0.2) is 165 Å². The molecule has 3 aliphatic heterocycles. The van der Waals surface area contributed by atoms with Crippen molar-refractivity contribution in [2.45, 2.75) is 44.9 Å². The molecule has 3 atom stereocenters. The molecule has 4 aromatic carbocycles. The molecule has 0 aliphatic carbocycles. The highest BCUT2D eigenvalue weighted by Gasteiger charge is 2.29. The highest BCUT2D eigenvalue weighted by atomic mass is 35.5. The molecule has 3 unspecified atom stereocenters. The third-order valence-electron chi connectivity index (χ3n) is 12.8. The van der Waals surface area contributed by atoms with Crippen molar-refractivity contribution in [3.05, 3.63) is 127 Å². The lowest BCUT2D eigenvalue weighted by Gasteiger charge is -2.35. The number of likely N-dealkylation sites (tertiary alicyclic amines) is 3. The third-order valence-corrected chi connectivity index (χ3v) is 13.0. The summed E-state index contributed by atoms with van der Waals surface area (Å²) in [5, 5.41) is 2.95. The van der Waals surface area contributed by atoms with Gasteiger partial charge in [0.15, 0.2) is 0 Å². The summed E-state index contributed by atoms with van der Waals surface area (Å²) in [6.07, 6.45) is 7.05. The van der Waals surface area contributed by atoms with E-state index in [1.54, 1.807) is 21.8 Å². The van der Waals surface area contributed by atoms with E-state index in [-0.39, 0.29) is 49.7 Å². The topological polar surface area (TPSA) is 160 Å². The Morgan fingerprint density at radius 1 is 0.541 bits per heavy atom. The standard InChI is InChI=1S/C23H30N2O2.C17H24N2O4.C14H20N2O2.C3H5ClO2/c1-27-19-23(26)25(22-12-6-3-7-13-22)18-21-11-8-15-24(17-21)16-14-20-9-4-2-5-10-20;1-22-13-16(20)19(15-8-4-3-5-9-15)12-14-7-6-10-18(11-14)17(21)23-2;1-18-14(17)16-9-5-6-12(11-16)10-15-13-7-3-2-4-8-13;1-6-2-3(4)5/h2-7,9-10,12-13,21H,8,11,14-19H2,1H3;3-5,8-9,14H,6-7,10-13H2,1-2H3;2-4,7-8,12,15H,5-6,9-11H2,1H3;2H2,1H3. The number of methoxy groups -OCH3 is 5. The van der Waals surface area contributed by atoms with E-state index in [9.17, 15) is 24.0 Å². The second-order valence-electron chi connectivity index (χ2n) is 18.5. The predicted molar refractivity (Wildman–Crippen MR) is 292 cm³/mol. The van der Waals surface area contributed by atoms with Gasteiger partial charge in [0.05, 0.1) is 14.2 Å². The molecule has 3 heterocycles. The fraction of sp³-hybridized carbons (Fsp3) is 0.491. The number of ether oxygens (including phenoxy) is 5. The zero-order chi connectivity index (χ0) is 53.3. The number of anilines is 3. The summed E-state index contributed by atoms with van der Waals surface area (Å²) < 4.78 is 24.0. The number of carbonyl (C=O) groups excluding carboxylic acids is 5. The molecule has 16 nitrogen and oxygen atoms in total. The number of hydrogen-bond acceptors (Lipinski definition) is 12. The van der Waals surface area contributed by atoms with Gasteiger partial charge in [0.25, 0.3) is 11.8 Å². The molecule has 3 saturated heterocycles. The Morgan fingerprint density at radius 3 is 1.41 bits per heavy atom. The quantitative estimate of drug-likeness (QED) is 0.0946. The minimum Gasteiger partial charge on any atom is -0.453 e. The number of carbonyl (C=O) groups is 5. The summed E-state index contributed by atoms with van der Waals surface area (Å²) in [7, 11) is 7.34. The molecule has 74 heavy (non-hydrogen) atoms. The van der Waals surface area contributed by atoms with Crippen LogP contribution in [-0.2, 0) is 44.5 Å². The van der Waals surface area contributed by atoms with Crippen LogP contribution < -0.4 is 15.1 Å². The number of halogens is 1. The number of nitrogens with one attached hydrogen (secondary N) is 1. The highest BCUT2D eigenvalue weighted by Crippen LogP contribution is 2.24. The molecule has 0 bridgehead atoms. The lowest BCUT2D eigenvalue weighted by atomic mass is 9.96. The summed E-state index contributed by atoms with van der Waals surface area (Å²) in [5.41, 5.74) is 4.33. The monoisotopic (exact) mass is 1040 g/mol. The van der Waals surface area contributed by atoms with Gasteiger partial charge in [-0.1, -0.05) is 84.9 Å². The molecule has 0 radical (unpaired) electrons. The van der Waals surface area contributed by atoms with Gasteiger partial charge in [-0.15, -0.1) is 0 Å². The van der Waals surface area contributed by atoms with Crippen LogP contribution >= 0.6 is 11.6 Å². The fourth-order valence-corrected chi connectivity index (χ4v) is 9.35. The SMILES string of the molecule is COC(=O)N1CCCC(CNc2ccccc2)C1.COCC(=O)Cl.COCC(=O)N(CC1CCCN(C(=O)OC)C1)c1ccccc1.COCC(=O)N(CC1CCCN(CCc2ccccc2)C1)c1ccccc1. The molecule has 0 aromatic heterocycles. The number of benzene rings is 4. The number of hydrogen-bond donors (Lipinski definition) is 1. The maximum Gasteiger partial charge on any atom is 0.409 e. The second kappa shape index (κ2) is 35.2. The lowest BCUT2D eigenvalue weighted by Crippen LogP contribution is -2.45. The second-order valence-corrected chi connectivity index (χ2v) is 18.9. The molecule has 3 aliphatic rings. The Bertz CT molecular complexity index is 2200. The van der Waals surface area contributed by atoms with Crippen molar-refractivity contribution >= 4 is 57.9 Å². The third kappa shape index (κ3) is 22.6. The first-order chi connectivity index (χ1) is 36.0. The van der Waals surface area contributed by atoms with Gasteiger partial charge in [-0.05, 0) is 123 Å². The molecular weight excluding hydrogens is 964 g/mol. The zero-order valence-electron chi connectivity index (χ0n) is 44.1. The number of nitrogens with zero attached hydrogens (tertiary/aromatic N) is 5. The largest absolute Gasteiger partial charge is 0.453 e. The maximum atomic E-state index is 12.6. The Hall–Kier alpha value is -6.04. The molecular formula is C57H79ClN6O10. The van der Waals surface area contributed by atoms with Crippen molar-refractivity contribution < 1.29 is 47.7 Å². The fourth-order valence-electron chi connectivity index (χ4n) is 9.24. The Morgan fingerprint density at radius 2 is 0.959 bits per heavy atom. The Balaban J connectivity index is 0.000000231. The van der Waals surface area contributed by atoms with Gasteiger partial charge < -0.3 is 53.5 Å². The van der Waals surface area contributed by atoms with Gasteiger partial charge in [-0.3, -0.25) is 14.4 Å². The van der Waals surface area contributed by atoms with E-state index >= 15 is 0 Å². The van der Waals surface area contributed by atoms with Gasteiger partial charge in [0.2, 0.25) is 5.24 Å². The van der Waals surface area contributed by atoms with E-state index in [1.807, 2.05) is 83.8 Å². The van der Waals surface area contributed by atoms with Crippen molar-refractivity contribution in [1.29, 1.82) is 0 Å². The van der Waals surface area contributed by atoms with Gasteiger partial charge in [-0.25, -0.2) is 9.59 Å². The molecule has 4 amide bonds. The Labute approximate surface area is 444 Å². The zero-order valence-corrected chi connectivity index (χ0v) is 44.9. The molecule has 17 heteroatoms. The summed E-state index contributed by atoms with van der Waals surface area (Å²) in [4.78, 5) is 67.5. The van der Waals surface area contributed by atoms with Gasteiger partial charge in [-0.2, -0.15) is 0 Å². The average molecular weight is 1040 g/mol. The van der Waals surface area contributed by atoms with Crippen LogP contribution in [0.15, 0.2) is 121 Å². The van der Waals surface area contributed by atoms with E-state index in [0.717, 1.165) is 95.0 Å². The van der Waals surface area contributed by atoms with Crippen LogP contribution in [0.1, 0.15) is 44.1 Å². The average Bonchev–Trinajstić information content (AvgIpc) is 3.44. The number of rotatable bonds is 18. The van der Waals surface area contributed by atoms with Crippen LogP contribution in [0.25, 0.3) is 0 Å². The smallest absolute Gasteiger partial charge is 0.409 e. The molecule has 0 spiro atoms. The summed E-state index contributed by atoms with van der Waals surface area (Å²) in [6.45, 7) is 8.60. The molecule has 1 N–H and O–H groups in total. The van der Waals surface area contributed by atoms with Crippen molar-refractivity contribution in [3.63, 3.8) is 0 Å². The van der Waals surface area contributed by atoms with E-state index in [2.05, 4.69) is 57.4 Å². The van der Waals surface area contributed by atoms with Crippen LogP contribution in [0.3, 0.4) is 0 Å². The van der Waals surface area contributed by atoms with E-state index < -0.39 is 5.24 Å². The first-order valence-corrected chi connectivity index (χ1v) is 25.9. The van der Waals surface area contributed by atoms with E-state index in [4.69, 9.17) is 30.5 Å². The molecule has 4 aromatic rings. The molecule has 3 fully saturated rings. The van der Waals surface area contributed by atoms with Crippen LogP contribution in [0, 0.1) is 17.8 Å². The maximum absolute atomic E-state index is 12.6. The summed E-state index contributed by atoms with van der Waals surface area (Å²) >= 11 is 4.81. The van der Waals surface area contributed by atoms with Gasteiger partial charge in [0, 0.05) is 97.3 Å². The predicted octanol–water partition coefficient (Wildman–Crippen LogP) is 8.74. The molecule has 7 rings (SSSR count). The van der Waals surface area contributed by atoms with Crippen molar-refractivity contribution in [3.8, 4) is 0 Å². The minimum absolute atomic E-state index is 0.00154. The van der Waals surface area contributed by atoms with Crippen LogP contribution in [0.2, 0.25) is 0 Å². The van der Waals surface area contributed by atoms with Crippen molar-refractivity contribution in [2.75, 3.05) is 136 Å². The van der Waals surface area contributed by atoms with E-state index in [0.29, 0.717) is 31.5 Å². The van der Waals surface area contributed by atoms with E-state index in [1.165, 1.54) is 46.8 Å². The van der Waals surface area contributed by atoms with Crippen molar-refractivity contribution in [2.24, 2.45) is 17.8 Å². The first kappa shape index (κ1) is 60.5. The van der Waals surface area contributed by atoms with Crippen molar-refractivity contribution in [1.82, 2.24) is 14.7 Å². The summed E-state index contributed by atoms with van der Waals surface area (Å²) in [5.74, 6) is 1.18. The van der Waals surface area contributed by atoms with Gasteiger partial charge >= 0.3 is 12.2 Å². The highest BCUT2D eigenvalue weighted by molar-refractivity contribution is 6.63. The molecule has 404 valence electrons. The van der Waals surface area contributed by atoms with Gasteiger partial charge in [0.1, 0.15) is 19.8 Å². The summed E-state index contributed by atoms with van der Waals surface area (Å²) in [6, 6.07) is 40.3. The molecule has 0 saturated carbocycles. The first-order valence-electron chi connectivity index (χ1n) is 25.5.